The van der Waals surface area contributed by atoms with Crippen LogP contribution in [0.15, 0.2) is 0 Å². The molecule has 5 nitrogen and oxygen atoms in total. The molecule has 0 spiro atoms. The maximum atomic E-state index is 10.1. The minimum atomic E-state index is -0.976. The highest BCUT2D eigenvalue weighted by Gasteiger charge is 2.22. The second kappa shape index (κ2) is 5.04. The highest BCUT2D eigenvalue weighted by Crippen LogP contribution is 2.15. The summed E-state index contributed by atoms with van der Waals surface area (Å²) in [5.41, 5.74) is 0. The zero-order valence-corrected chi connectivity index (χ0v) is 7.66. The normalized spacial score (nSPS) is 24.2. The highest BCUT2D eigenvalue weighted by atomic mass is 16.7. The van der Waals surface area contributed by atoms with Gasteiger partial charge in [-0.3, -0.25) is 0 Å². The van der Waals surface area contributed by atoms with Crippen molar-refractivity contribution in [2.45, 2.75) is 19.4 Å². The first-order chi connectivity index (χ1) is 6.20. The summed E-state index contributed by atoms with van der Waals surface area (Å²) in [6, 6.07) is 0. The van der Waals surface area contributed by atoms with Gasteiger partial charge in [0.15, 0.2) is 0 Å². The smallest absolute Gasteiger partial charge is 0.404 e. The lowest BCUT2D eigenvalue weighted by atomic mass is 10.0. The third kappa shape index (κ3) is 3.61. The van der Waals surface area contributed by atoms with Gasteiger partial charge in [0.25, 0.3) is 0 Å². The van der Waals surface area contributed by atoms with E-state index in [4.69, 9.17) is 14.6 Å². The Hall–Kier alpha value is -0.810. The summed E-state index contributed by atoms with van der Waals surface area (Å²) >= 11 is 0. The lowest BCUT2D eigenvalue weighted by Crippen LogP contribution is -2.27. The Morgan fingerprint density at radius 3 is 3.08 bits per heavy atom. The molecule has 1 saturated heterocycles. The van der Waals surface area contributed by atoms with Crippen LogP contribution in [0.2, 0.25) is 0 Å². The number of ether oxygens (including phenoxy) is 2. The van der Waals surface area contributed by atoms with Crippen molar-refractivity contribution in [2.24, 2.45) is 5.92 Å². The van der Waals surface area contributed by atoms with Crippen LogP contribution in [0.3, 0.4) is 0 Å². The molecule has 0 aromatic carbocycles. The van der Waals surface area contributed by atoms with Crippen LogP contribution in [-0.2, 0) is 9.47 Å². The molecular weight excluding hydrogens is 174 g/mol. The average molecular weight is 189 g/mol. The first kappa shape index (κ1) is 10.3. The van der Waals surface area contributed by atoms with Gasteiger partial charge in [0.05, 0.1) is 12.7 Å². The molecule has 0 aromatic heterocycles. The summed E-state index contributed by atoms with van der Waals surface area (Å²) in [4.78, 5) is 10.1. The van der Waals surface area contributed by atoms with E-state index in [-0.39, 0.29) is 6.10 Å². The van der Waals surface area contributed by atoms with Gasteiger partial charge >= 0.3 is 6.09 Å². The molecule has 0 bridgehead atoms. The van der Waals surface area contributed by atoms with E-state index in [1.165, 1.54) is 0 Å². The third-order valence-corrected chi connectivity index (χ3v) is 2.16. The zero-order chi connectivity index (χ0) is 9.68. The van der Waals surface area contributed by atoms with E-state index in [2.05, 4.69) is 5.32 Å². The highest BCUT2D eigenvalue weighted by molar-refractivity contribution is 5.64. The summed E-state index contributed by atoms with van der Waals surface area (Å²) in [5.74, 6) is 0.328. The molecule has 2 unspecified atom stereocenters. The van der Waals surface area contributed by atoms with E-state index >= 15 is 0 Å². The van der Waals surface area contributed by atoms with E-state index in [0.717, 1.165) is 6.42 Å². The van der Waals surface area contributed by atoms with Crippen LogP contribution in [0.1, 0.15) is 13.3 Å². The Morgan fingerprint density at radius 1 is 1.77 bits per heavy atom. The largest absolute Gasteiger partial charge is 0.465 e. The van der Waals surface area contributed by atoms with Gasteiger partial charge in [0, 0.05) is 6.54 Å². The van der Waals surface area contributed by atoms with Crippen LogP contribution in [0.5, 0.6) is 0 Å². The predicted octanol–water partition coefficient (Wildman–Crippen LogP) is 0.653. The third-order valence-electron chi connectivity index (χ3n) is 2.16. The summed E-state index contributed by atoms with van der Waals surface area (Å²) in [6.07, 6.45) is -0.0771. The number of amides is 1. The lowest BCUT2D eigenvalue weighted by Gasteiger charge is -2.16. The molecule has 1 fully saturated rings. The van der Waals surface area contributed by atoms with E-state index in [1.54, 1.807) is 0 Å². The molecule has 0 saturated carbocycles. The quantitative estimate of drug-likeness (QED) is 0.681. The molecule has 1 aliphatic rings. The molecule has 2 atom stereocenters. The maximum absolute atomic E-state index is 10.1. The molecule has 0 aliphatic carbocycles. The van der Waals surface area contributed by atoms with Crippen LogP contribution in [-0.4, -0.2) is 37.2 Å². The summed E-state index contributed by atoms with van der Waals surface area (Å²) in [5, 5.41) is 10.6. The molecule has 13 heavy (non-hydrogen) atoms. The maximum Gasteiger partial charge on any atom is 0.404 e. The Kier molecular flexibility index (Phi) is 3.98. The van der Waals surface area contributed by atoms with Crippen molar-refractivity contribution in [3.05, 3.63) is 0 Å². The topological polar surface area (TPSA) is 67.8 Å². The van der Waals surface area contributed by atoms with E-state index < -0.39 is 6.09 Å². The monoisotopic (exact) mass is 189 g/mol. The average Bonchev–Trinajstić information content (AvgIpc) is 2.55. The van der Waals surface area contributed by atoms with E-state index in [9.17, 15) is 4.79 Å². The Balaban J connectivity index is 2.09. The van der Waals surface area contributed by atoms with Crippen molar-refractivity contribution in [1.29, 1.82) is 0 Å². The van der Waals surface area contributed by atoms with Gasteiger partial charge in [0.1, 0.15) is 6.79 Å². The first-order valence-corrected chi connectivity index (χ1v) is 4.36. The summed E-state index contributed by atoms with van der Waals surface area (Å²) in [6.45, 7) is 3.48. The molecule has 0 aromatic rings. The minimum absolute atomic E-state index is 0.121. The van der Waals surface area contributed by atoms with Gasteiger partial charge in [-0.1, -0.05) is 6.92 Å². The fourth-order valence-corrected chi connectivity index (χ4v) is 1.27. The lowest BCUT2D eigenvalue weighted by molar-refractivity contribution is 0.0297. The standard InChI is InChI=1S/C8H15NO4/c1-6(2-3-9-8(10)11)7-4-12-5-13-7/h6-7,9H,2-5H2,1H3,(H,10,11). The van der Waals surface area contributed by atoms with Gasteiger partial charge in [0.2, 0.25) is 0 Å². The van der Waals surface area contributed by atoms with Crippen molar-refractivity contribution in [1.82, 2.24) is 5.32 Å². The Bertz CT molecular complexity index is 168. The van der Waals surface area contributed by atoms with Crippen LogP contribution in [0.25, 0.3) is 0 Å². The van der Waals surface area contributed by atoms with Gasteiger partial charge in [-0.2, -0.15) is 0 Å². The van der Waals surface area contributed by atoms with Crippen molar-refractivity contribution in [3.8, 4) is 0 Å². The van der Waals surface area contributed by atoms with Gasteiger partial charge in [-0.05, 0) is 12.3 Å². The van der Waals surface area contributed by atoms with Crippen LogP contribution in [0, 0.1) is 5.92 Å². The second-order valence-corrected chi connectivity index (χ2v) is 3.19. The molecule has 1 aliphatic heterocycles. The second-order valence-electron chi connectivity index (χ2n) is 3.19. The van der Waals surface area contributed by atoms with Gasteiger partial charge in [-0.15, -0.1) is 0 Å². The van der Waals surface area contributed by atoms with Crippen molar-refractivity contribution < 1.29 is 19.4 Å². The summed E-state index contributed by atoms with van der Waals surface area (Å²) in [7, 11) is 0. The number of carboxylic acid groups (broad SMARTS) is 1. The van der Waals surface area contributed by atoms with Crippen LogP contribution < -0.4 is 5.32 Å². The molecule has 0 radical (unpaired) electrons. The molecular formula is C8H15NO4. The molecule has 1 heterocycles. The first-order valence-electron chi connectivity index (χ1n) is 4.36. The number of carbonyl (C=O) groups is 1. The molecule has 1 amide bonds. The van der Waals surface area contributed by atoms with Crippen molar-refractivity contribution >= 4 is 6.09 Å². The minimum Gasteiger partial charge on any atom is -0.465 e. The van der Waals surface area contributed by atoms with Gasteiger partial charge in [-0.25, -0.2) is 4.79 Å². The van der Waals surface area contributed by atoms with Crippen molar-refractivity contribution in [3.63, 3.8) is 0 Å². The zero-order valence-electron chi connectivity index (χ0n) is 7.66. The SMILES string of the molecule is CC(CCNC(=O)O)C1COCO1. The number of hydrogen-bond donors (Lipinski definition) is 2. The van der Waals surface area contributed by atoms with Crippen LogP contribution in [0.4, 0.5) is 4.79 Å². The van der Waals surface area contributed by atoms with Gasteiger partial charge < -0.3 is 19.9 Å². The fourth-order valence-electron chi connectivity index (χ4n) is 1.27. The Labute approximate surface area is 77.0 Å². The van der Waals surface area contributed by atoms with Crippen LogP contribution >= 0.6 is 0 Å². The number of rotatable bonds is 4. The summed E-state index contributed by atoms with van der Waals surface area (Å²) < 4.78 is 10.3. The van der Waals surface area contributed by atoms with E-state index in [0.29, 0.717) is 25.9 Å². The van der Waals surface area contributed by atoms with E-state index in [1.807, 2.05) is 6.92 Å². The molecule has 2 N–H and O–H groups in total. The predicted molar refractivity (Wildman–Crippen MR) is 45.5 cm³/mol. The van der Waals surface area contributed by atoms with Crippen molar-refractivity contribution in [2.75, 3.05) is 19.9 Å². The molecule has 76 valence electrons. The number of nitrogens with one attached hydrogen (secondary N) is 1. The number of hydrogen-bond acceptors (Lipinski definition) is 3. The molecule has 1 rings (SSSR count). The molecule has 5 heteroatoms. The Morgan fingerprint density at radius 2 is 2.54 bits per heavy atom. The fraction of sp³-hybridized carbons (Fsp3) is 0.875.